The fourth-order valence-corrected chi connectivity index (χ4v) is 2.14. The molecule has 1 aliphatic rings. The molecule has 92 valence electrons. The lowest BCUT2D eigenvalue weighted by Crippen LogP contribution is -2.35. The van der Waals surface area contributed by atoms with Gasteiger partial charge < -0.3 is 15.1 Å². The van der Waals surface area contributed by atoms with E-state index in [0.29, 0.717) is 5.56 Å². The van der Waals surface area contributed by atoms with Crippen molar-refractivity contribution in [2.24, 2.45) is 0 Å². The highest BCUT2D eigenvalue weighted by Crippen LogP contribution is 2.27. The zero-order valence-corrected chi connectivity index (χ0v) is 9.89. The Labute approximate surface area is 100 Å². The Balaban J connectivity index is 2.17. The molecule has 0 unspecified atom stereocenters. The molecule has 0 atom stereocenters. The van der Waals surface area contributed by atoms with E-state index < -0.39 is 0 Å². The highest BCUT2D eigenvalue weighted by Gasteiger charge is 2.18. The number of carbonyl (C=O) groups is 1. The molecule has 17 heavy (non-hydrogen) atoms. The highest BCUT2D eigenvalue weighted by molar-refractivity contribution is 5.97. The molecule has 4 nitrogen and oxygen atoms in total. The Morgan fingerprint density at radius 2 is 2.00 bits per heavy atom. The van der Waals surface area contributed by atoms with Crippen molar-refractivity contribution in [1.82, 2.24) is 0 Å². The van der Waals surface area contributed by atoms with E-state index in [-0.39, 0.29) is 17.6 Å². The third-order valence-corrected chi connectivity index (χ3v) is 3.19. The molecule has 0 saturated carbocycles. The summed E-state index contributed by atoms with van der Waals surface area (Å²) in [6.45, 7) is 2.99. The monoisotopic (exact) mass is 235 g/mol. The van der Waals surface area contributed by atoms with E-state index in [1.54, 1.807) is 12.1 Å². The zero-order valence-electron chi connectivity index (χ0n) is 9.89. The fourth-order valence-electron chi connectivity index (χ4n) is 2.14. The lowest BCUT2D eigenvalue weighted by molar-refractivity contribution is 0.101. The van der Waals surface area contributed by atoms with E-state index in [2.05, 4.69) is 4.90 Å². The summed E-state index contributed by atoms with van der Waals surface area (Å²) in [7, 11) is 0. The lowest BCUT2D eigenvalue weighted by Gasteiger charge is -2.31. The van der Waals surface area contributed by atoms with E-state index in [9.17, 15) is 15.0 Å². The Bertz CT molecular complexity index is 423. The second-order valence-electron chi connectivity index (χ2n) is 4.48. The smallest absolute Gasteiger partial charge is 0.163 e. The number of ketones is 1. The van der Waals surface area contributed by atoms with Crippen LogP contribution in [0.4, 0.5) is 5.69 Å². The van der Waals surface area contributed by atoms with Gasteiger partial charge in [-0.2, -0.15) is 0 Å². The molecule has 1 saturated heterocycles. The molecular weight excluding hydrogens is 218 g/mol. The van der Waals surface area contributed by atoms with Crippen molar-refractivity contribution >= 4 is 11.5 Å². The quantitative estimate of drug-likeness (QED) is 0.764. The molecule has 0 aliphatic carbocycles. The van der Waals surface area contributed by atoms with Crippen LogP contribution in [-0.4, -0.2) is 35.2 Å². The summed E-state index contributed by atoms with van der Waals surface area (Å²) in [5, 5.41) is 19.2. The number of rotatable bonds is 2. The number of aliphatic hydroxyl groups is 1. The Kier molecular flexibility index (Phi) is 3.33. The molecule has 0 radical (unpaired) electrons. The summed E-state index contributed by atoms with van der Waals surface area (Å²) in [6, 6.07) is 5.11. The maximum Gasteiger partial charge on any atom is 0.163 e. The number of aromatic hydroxyl groups is 1. The number of phenolic OH excluding ortho intramolecular Hbond substituents is 1. The molecule has 4 heteroatoms. The van der Waals surface area contributed by atoms with Gasteiger partial charge in [0.05, 0.1) is 11.7 Å². The molecule has 0 aromatic heterocycles. The van der Waals surface area contributed by atoms with Crippen LogP contribution in [0, 0.1) is 0 Å². The van der Waals surface area contributed by atoms with Crippen LogP contribution in [-0.2, 0) is 0 Å². The van der Waals surface area contributed by atoms with Crippen LogP contribution in [0.2, 0.25) is 0 Å². The van der Waals surface area contributed by atoms with Crippen molar-refractivity contribution in [3.05, 3.63) is 23.8 Å². The minimum absolute atomic E-state index is 0.0288. The average molecular weight is 235 g/mol. The number of Topliss-reactive ketones (excluding diaryl/α,β-unsaturated/α-hetero) is 1. The molecule has 1 aromatic rings. The van der Waals surface area contributed by atoms with Gasteiger partial charge in [0, 0.05) is 24.8 Å². The van der Waals surface area contributed by atoms with Gasteiger partial charge >= 0.3 is 0 Å². The van der Waals surface area contributed by atoms with Gasteiger partial charge in [-0.05, 0) is 31.9 Å². The normalized spacial score (nSPS) is 17.2. The van der Waals surface area contributed by atoms with Crippen molar-refractivity contribution in [3.8, 4) is 5.75 Å². The van der Waals surface area contributed by atoms with Gasteiger partial charge in [0.15, 0.2) is 5.78 Å². The van der Waals surface area contributed by atoms with Crippen LogP contribution in [0.5, 0.6) is 5.75 Å². The number of piperidine rings is 1. The summed E-state index contributed by atoms with van der Waals surface area (Å²) < 4.78 is 0. The van der Waals surface area contributed by atoms with Crippen LogP contribution in [0.3, 0.4) is 0 Å². The molecular formula is C13H17NO3. The highest BCUT2D eigenvalue weighted by atomic mass is 16.3. The first kappa shape index (κ1) is 11.9. The second-order valence-corrected chi connectivity index (χ2v) is 4.48. The second kappa shape index (κ2) is 4.75. The largest absolute Gasteiger partial charge is 0.507 e. The van der Waals surface area contributed by atoms with Crippen molar-refractivity contribution in [1.29, 1.82) is 0 Å². The van der Waals surface area contributed by atoms with Crippen LogP contribution >= 0.6 is 0 Å². The minimum atomic E-state index is -0.212. The summed E-state index contributed by atoms with van der Waals surface area (Å²) in [5.41, 5.74) is 1.25. The molecule has 1 heterocycles. The van der Waals surface area contributed by atoms with Crippen molar-refractivity contribution in [2.75, 3.05) is 18.0 Å². The van der Waals surface area contributed by atoms with E-state index in [4.69, 9.17) is 0 Å². The van der Waals surface area contributed by atoms with Gasteiger partial charge in [-0.3, -0.25) is 4.79 Å². The standard InChI is InChI=1S/C13H17NO3/c1-9(15)12-3-2-10(8-13(12)17)14-6-4-11(16)5-7-14/h2-3,8,11,16-17H,4-7H2,1H3. The molecule has 0 amide bonds. The van der Waals surface area contributed by atoms with Gasteiger partial charge in [0.2, 0.25) is 0 Å². The SMILES string of the molecule is CC(=O)c1ccc(N2CCC(O)CC2)cc1O. The van der Waals surface area contributed by atoms with Gasteiger partial charge in [-0.15, -0.1) is 0 Å². The average Bonchev–Trinajstić information content (AvgIpc) is 2.29. The van der Waals surface area contributed by atoms with Crippen molar-refractivity contribution < 1.29 is 15.0 Å². The molecule has 1 fully saturated rings. The number of hydrogen-bond acceptors (Lipinski definition) is 4. The van der Waals surface area contributed by atoms with E-state index in [1.807, 2.05) is 6.07 Å². The van der Waals surface area contributed by atoms with Crippen LogP contribution in [0.1, 0.15) is 30.1 Å². The third-order valence-electron chi connectivity index (χ3n) is 3.19. The number of nitrogens with zero attached hydrogens (tertiary/aromatic N) is 1. The van der Waals surface area contributed by atoms with Gasteiger partial charge in [0.1, 0.15) is 5.75 Å². The molecule has 2 rings (SSSR count). The number of benzene rings is 1. The van der Waals surface area contributed by atoms with E-state index in [1.165, 1.54) is 6.92 Å². The predicted molar refractivity (Wildman–Crippen MR) is 65.6 cm³/mol. The Morgan fingerprint density at radius 3 is 2.53 bits per heavy atom. The summed E-state index contributed by atoms with van der Waals surface area (Å²) in [4.78, 5) is 13.3. The maximum atomic E-state index is 11.2. The number of carbonyl (C=O) groups excluding carboxylic acids is 1. The van der Waals surface area contributed by atoms with Gasteiger partial charge in [0.25, 0.3) is 0 Å². The first-order valence-electron chi connectivity index (χ1n) is 5.85. The molecule has 0 bridgehead atoms. The first-order chi connectivity index (χ1) is 8.08. The van der Waals surface area contributed by atoms with E-state index >= 15 is 0 Å². The topological polar surface area (TPSA) is 60.8 Å². The van der Waals surface area contributed by atoms with Crippen molar-refractivity contribution in [2.45, 2.75) is 25.9 Å². The zero-order chi connectivity index (χ0) is 12.4. The van der Waals surface area contributed by atoms with Crippen LogP contribution in [0.25, 0.3) is 0 Å². The Hall–Kier alpha value is -1.55. The molecule has 0 spiro atoms. The van der Waals surface area contributed by atoms with Crippen LogP contribution in [0.15, 0.2) is 18.2 Å². The molecule has 2 N–H and O–H groups in total. The lowest BCUT2D eigenvalue weighted by atomic mass is 10.1. The number of hydrogen-bond donors (Lipinski definition) is 2. The molecule has 1 aromatic carbocycles. The summed E-state index contributed by atoms with van der Waals surface area (Å²) in [5.74, 6) is -0.107. The third kappa shape index (κ3) is 2.58. The van der Waals surface area contributed by atoms with Gasteiger partial charge in [-0.25, -0.2) is 0 Å². The van der Waals surface area contributed by atoms with Gasteiger partial charge in [-0.1, -0.05) is 0 Å². The number of anilines is 1. The number of aliphatic hydroxyl groups excluding tert-OH is 1. The summed E-state index contributed by atoms with van der Waals surface area (Å²) in [6.07, 6.45) is 1.28. The number of phenols is 1. The predicted octanol–water partition coefficient (Wildman–Crippen LogP) is 1.56. The summed E-state index contributed by atoms with van der Waals surface area (Å²) >= 11 is 0. The van der Waals surface area contributed by atoms with Crippen molar-refractivity contribution in [3.63, 3.8) is 0 Å². The Morgan fingerprint density at radius 1 is 1.35 bits per heavy atom. The maximum absolute atomic E-state index is 11.2. The van der Waals surface area contributed by atoms with E-state index in [0.717, 1.165) is 31.6 Å². The molecule has 1 aliphatic heterocycles. The minimum Gasteiger partial charge on any atom is -0.507 e. The van der Waals surface area contributed by atoms with Crippen LogP contribution < -0.4 is 4.90 Å². The fraction of sp³-hybridized carbons (Fsp3) is 0.462. The first-order valence-corrected chi connectivity index (χ1v) is 5.85.